The van der Waals surface area contributed by atoms with Gasteiger partial charge < -0.3 is 10.4 Å². The van der Waals surface area contributed by atoms with E-state index in [4.69, 9.17) is 5.11 Å². The highest BCUT2D eigenvalue weighted by Gasteiger charge is 2.45. The van der Waals surface area contributed by atoms with Gasteiger partial charge in [0.1, 0.15) is 0 Å². The van der Waals surface area contributed by atoms with Gasteiger partial charge in [-0.15, -0.1) is 0 Å². The van der Waals surface area contributed by atoms with Crippen LogP contribution in [0.5, 0.6) is 0 Å². The fraction of sp³-hybridized carbons (Fsp3) is 0.467. The maximum absolute atomic E-state index is 11.9. The van der Waals surface area contributed by atoms with Crippen LogP contribution in [0.25, 0.3) is 0 Å². The number of aryl methyl sites for hydroxylation is 2. The van der Waals surface area contributed by atoms with E-state index in [1.54, 1.807) is 0 Å². The van der Waals surface area contributed by atoms with Crippen LogP contribution >= 0.6 is 0 Å². The van der Waals surface area contributed by atoms with Crippen LogP contribution in [0, 0.1) is 19.3 Å². The fourth-order valence-electron chi connectivity index (χ4n) is 2.28. The summed E-state index contributed by atoms with van der Waals surface area (Å²) in [5.74, 6) is -0.918. The highest BCUT2D eigenvalue weighted by Crippen LogP contribution is 2.51. The first kappa shape index (κ1) is 13.6. The zero-order chi connectivity index (χ0) is 14.0. The lowest BCUT2D eigenvalue weighted by Crippen LogP contribution is -2.19. The summed E-state index contributed by atoms with van der Waals surface area (Å²) in [6, 6.07) is 5.77. The number of hydrogen-bond acceptors (Lipinski definition) is 2. The van der Waals surface area contributed by atoms with E-state index in [1.807, 2.05) is 32.0 Å². The van der Waals surface area contributed by atoms with Crippen molar-refractivity contribution in [1.29, 1.82) is 0 Å². The molecule has 0 aromatic heterocycles. The summed E-state index contributed by atoms with van der Waals surface area (Å²) in [6.07, 6.45) is 2.05. The predicted molar refractivity (Wildman–Crippen MR) is 73.1 cm³/mol. The van der Waals surface area contributed by atoms with E-state index in [-0.39, 0.29) is 17.7 Å². The molecule has 1 amide bonds. The number of carbonyl (C=O) groups is 2. The molecule has 1 aliphatic rings. The Bertz CT molecular complexity index is 518. The minimum atomic E-state index is -0.823. The zero-order valence-electron chi connectivity index (χ0n) is 11.3. The standard InChI is InChI=1S/C15H19NO3/c1-10-3-4-12(7-11(10)2)16-13(17)8-15(5-6-15)9-14(18)19/h3-4,7H,5-6,8-9H2,1-2H3,(H,16,17)(H,18,19). The highest BCUT2D eigenvalue weighted by molar-refractivity contribution is 5.91. The third kappa shape index (κ3) is 3.56. The van der Waals surface area contributed by atoms with Gasteiger partial charge in [-0.3, -0.25) is 9.59 Å². The quantitative estimate of drug-likeness (QED) is 0.856. The number of aliphatic carboxylic acids is 1. The number of anilines is 1. The summed E-state index contributed by atoms with van der Waals surface area (Å²) >= 11 is 0. The van der Waals surface area contributed by atoms with Crippen molar-refractivity contribution in [3.05, 3.63) is 29.3 Å². The molecule has 1 aromatic rings. The van der Waals surface area contributed by atoms with Crippen molar-refractivity contribution < 1.29 is 14.7 Å². The summed E-state index contributed by atoms with van der Waals surface area (Å²) in [5, 5.41) is 11.7. The second-order valence-electron chi connectivity index (χ2n) is 5.59. The summed E-state index contributed by atoms with van der Waals surface area (Å²) in [6.45, 7) is 4.02. The van der Waals surface area contributed by atoms with Crippen LogP contribution in [0.15, 0.2) is 18.2 Å². The van der Waals surface area contributed by atoms with E-state index < -0.39 is 5.97 Å². The maximum Gasteiger partial charge on any atom is 0.303 e. The molecule has 0 heterocycles. The van der Waals surface area contributed by atoms with Crippen LogP contribution in [0.2, 0.25) is 0 Å². The minimum Gasteiger partial charge on any atom is -0.481 e. The molecule has 0 spiro atoms. The van der Waals surface area contributed by atoms with Crippen molar-refractivity contribution in [1.82, 2.24) is 0 Å². The number of carbonyl (C=O) groups excluding carboxylic acids is 1. The molecule has 0 bridgehead atoms. The van der Waals surface area contributed by atoms with Gasteiger partial charge in [-0.1, -0.05) is 6.07 Å². The molecule has 0 unspecified atom stereocenters. The van der Waals surface area contributed by atoms with Crippen LogP contribution in [0.3, 0.4) is 0 Å². The Morgan fingerprint density at radius 1 is 1.21 bits per heavy atom. The molecule has 1 aromatic carbocycles. The SMILES string of the molecule is Cc1ccc(NC(=O)CC2(CC(=O)O)CC2)cc1C. The van der Waals surface area contributed by atoms with Gasteiger partial charge in [-0.2, -0.15) is 0 Å². The Balaban J connectivity index is 1.94. The van der Waals surface area contributed by atoms with Crippen LogP contribution in [0.4, 0.5) is 5.69 Å². The van der Waals surface area contributed by atoms with E-state index in [9.17, 15) is 9.59 Å². The summed E-state index contributed by atoms with van der Waals surface area (Å²) < 4.78 is 0. The van der Waals surface area contributed by atoms with E-state index in [1.165, 1.54) is 5.56 Å². The molecule has 0 aliphatic heterocycles. The normalized spacial score (nSPS) is 15.9. The van der Waals surface area contributed by atoms with Crippen molar-refractivity contribution in [3.63, 3.8) is 0 Å². The first-order chi connectivity index (χ1) is 8.90. The maximum atomic E-state index is 11.9. The smallest absolute Gasteiger partial charge is 0.303 e. The van der Waals surface area contributed by atoms with Gasteiger partial charge in [0.25, 0.3) is 0 Å². The monoisotopic (exact) mass is 261 g/mol. The average Bonchev–Trinajstić information content (AvgIpc) is 3.01. The lowest BCUT2D eigenvalue weighted by molar-refractivity contribution is -0.138. The van der Waals surface area contributed by atoms with Crippen molar-refractivity contribution >= 4 is 17.6 Å². The zero-order valence-corrected chi connectivity index (χ0v) is 11.3. The largest absolute Gasteiger partial charge is 0.481 e. The first-order valence-electron chi connectivity index (χ1n) is 6.49. The van der Waals surface area contributed by atoms with Crippen molar-refractivity contribution in [2.45, 2.75) is 39.5 Å². The molecular formula is C15H19NO3. The first-order valence-corrected chi connectivity index (χ1v) is 6.49. The summed E-state index contributed by atoms with van der Waals surface area (Å²) in [4.78, 5) is 22.7. The Morgan fingerprint density at radius 3 is 2.42 bits per heavy atom. The van der Waals surface area contributed by atoms with Crippen LogP contribution in [0.1, 0.15) is 36.8 Å². The van der Waals surface area contributed by atoms with E-state index in [2.05, 4.69) is 5.32 Å². The van der Waals surface area contributed by atoms with Gasteiger partial charge in [0.15, 0.2) is 0 Å². The minimum absolute atomic E-state index is 0.0906. The van der Waals surface area contributed by atoms with Gasteiger partial charge in [0, 0.05) is 12.1 Å². The second-order valence-corrected chi connectivity index (χ2v) is 5.59. The summed E-state index contributed by atoms with van der Waals surface area (Å²) in [7, 11) is 0. The molecule has 0 saturated heterocycles. The van der Waals surface area contributed by atoms with Crippen molar-refractivity contribution in [2.75, 3.05) is 5.32 Å². The van der Waals surface area contributed by atoms with E-state index >= 15 is 0 Å². The van der Waals surface area contributed by atoms with Gasteiger partial charge in [-0.05, 0) is 55.4 Å². The topological polar surface area (TPSA) is 66.4 Å². The Kier molecular flexibility index (Phi) is 3.60. The number of rotatable bonds is 5. The number of amides is 1. The number of carboxylic acid groups (broad SMARTS) is 1. The third-order valence-corrected chi connectivity index (χ3v) is 3.81. The Morgan fingerprint density at radius 2 is 1.89 bits per heavy atom. The molecule has 4 heteroatoms. The Hall–Kier alpha value is -1.84. The number of carboxylic acids is 1. The second kappa shape index (κ2) is 5.03. The molecule has 0 atom stereocenters. The molecule has 19 heavy (non-hydrogen) atoms. The van der Waals surface area contributed by atoms with Crippen LogP contribution in [-0.2, 0) is 9.59 Å². The summed E-state index contributed by atoms with van der Waals surface area (Å²) in [5.41, 5.74) is 2.79. The molecule has 102 valence electrons. The molecule has 1 saturated carbocycles. The fourth-order valence-corrected chi connectivity index (χ4v) is 2.28. The molecule has 1 aliphatic carbocycles. The lowest BCUT2D eigenvalue weighted by Gasteiger charge is -2.13. The average molecular weight is 261 g/mol. The molecule has 1 fully saturated rings. The van der Waals surface area contributed by atoms with Gasteiger partial charge in [0.2, 0.25) is 5.91 Å². The molecule has 4 nitrogen and oxygen atoms in total. The number of hydrogen-bond donors (Lipinski definition) is 2. The van der Waals surface area contributed by atoms with Gasteiger partial charge in [0.05, 0.1) is 6.42 Å². The predicted octanol–water partition coefficient (Wildman–Crippen LogP) is 2.89. The van der Waals surface area contributed by atoms with Crippen LogP contribution < -0.4 is 5.32 Å². The van der Waals surface area contributed by atoms with E-state index in [0.29, 0.717) is 6.42 Å². The lowest BCUT2D eigenvalue weighted by atomic mass is 9.97. The molecule has 0 radical (unpaired) electrons. The van der Waals surface area contributed by atoms with Crippen molar-refractivity contribution in [2.24, 2.45) is 5.41 Å². The van der Waals surface area contributed by atoms with E-state index in [0.717, 1.165) is 24.1 Å². The molecular weight excluding hydrogens is 242 g/mol. The van der Waals surface area contributed by atoms with Crippen LogP contribution in [-0.4, -0.2) is 17.0 Å². The number of benzene rings is 1. The number of nitrogens with one attached hydrogen (secondary N) is 1. The van der Waals surface area contributed by atoms with Crippen molar-refractivity contribution in [3.8, 4) is 0 Å². The van der Waals surface area contributed by atoms with Gasteiger partial charge in [-0.25, -0.2) is 0 Å². The molecule has 2 N–H and O–H groups in total. The Labute approximate surface area is 112 Å². The highest BCUT2D eigenvalue weighted by atomic mass is 16.4. The third-order valence-electron chi connectivity index (χ3n) is 3.81. The van der Waals surface area contributed by atoms with Gasteiger partial charge >= 0.3 is 5.97 Å². The molecule has 2 rings (SSSR count).